The number of nitrogens with zero attached hydrogens (tertiary/aromatic N) is 5. The first-order chi connectivity index (χ1) is 14.1. The lowest BCUT2D eigenvalue weighted by Gasteiger charge is -2.30. The van der Waals surface area contributed by atoms with Crippen LogP contribution in [-0.4, -0.2) is 64.7 Å². The van der Waals surface area contributed by atoms with Crippen LogP contribution in [0.15, 0.2) is 5.83 Å². The second-order valence-electron chi connectivity index (χ2n) is 7.50. The molecule has 3 atom stereocenters. The summed E-state index contributed by atoms with van der Waals surface area (Å²) in [4.78, 5) is 12.9. The second-order valence-corrected chi connectivity index (χ2v) is 7.50. The second kappa shape index (κ2) is 9.13. The van der Waals surface area contributed by atoms with E-state index < -0.39 is 54.1 Å². The number of aromatic nitrogens is 3. The van der Waals surface area contributed by atoms with Crippen molar-refractivity contribution in [2.75, 3.05) is 23.9 Å². The van der Waals surface area contributed by atoms with Gasteiger partial charge in [-0.25, -0.2) is 4.39 Å². The monoisotopic (exact) mass is 459 g/mol. The Morgan fingerprint density at radius 3 is 1.74 bits per heavy atom. The quantitative estimate of drug-likeness (QED) is 0.664. The van der Waals surface area contributed by atoms with Gasteiger partial charge in [-0.2, -0.15) is 41.3 Å². The summed E-state index contributed by atoms with van der Waals surface area (Å²) >= 11 is 0. The summed E-state index contributed by atoms with van der Waals surface area (Å²) in [7, 11) is 2.06. The van der Waals surface area contributed by atoms with Crippen molar-refractivity contribution in [1.82, 2.24) is 15.0 Å². The summed E-state index contributed by atoms with van der Waals surface area (Å²) in [5.41, 5.74) is -0.156. The van der Waals surface area contributed by atoms with Crippen LogP contribution >= 0.6 is 0 Å². The largest absolute Gasteiger partial charge is 0.408 e. The van der Waals surface area contributed by atoms with Crippen LogP contribution in [0.2, 0.25) is 0 Å². The van der Waals surface area contributed by atoms with Gasteiger partial charge in [-0.15, -0.1) is 0 Å². The lowest BCUT2D eigenvalue weighted by Crippen LogP contribution is -2.44. The Morgan fingerprint density at radius 1 is 0.871 bits per heavy atom. The Kier molecular flexibility index (Phi) is 7.39. The van der Waals surface area contributed by atoms with Gasteiger partial charge in [0.05, 0.1) is 0 Å². The fraction of sp³-hybridized carbons (Fsp3) is 0.722. The summed E-state index contributed by atoms with van der Waals surface area (Å²) in [6.07, 6.45) is -9.65. The number of allylic oxidation sites excluding steroid dienone is 1. The molecule has 1 aliphatic rings. The van der Waals surface area contributed by atoms with Crippen LogP contribution in [0.4, 0.5) is 42.6 Å². The van der Waals surface area contributed by atoms with Gasteiger partial charge in [-0.05, 0) is 33.1 Å². The molecule has 0 saturated carbocycles. The van der Waals surface area contributed by atoms with E-state index in [4.69, 9.17) is 0 Å². The number of aliphatic hydroxyl groups is 1. The summed E-state index contributed by atoms with van der Waals surface area (Å²) < 4.78 is 93.8. The fourth-order valence-corrected chi connectivity index (χ4v) is 2.90. The Labute approximate surface area is 174 Å². The maximum absolute atomic E-state index is 14.7. The minimum atomic E-state index is -4.67. The SMILES string of the molecule is C[C@@H](N(C)c1nc(C2=C(F)[C@H](O)CCCC2)nc(N(C)[C@H](C)C(F)(F)F)n1)C(F)(F)F. The average molecular weight is 459 g/mol. The third-order valence-corrected chi connectivity index (χ3v) is 5.36. The van der Waals surface area contributed by atoms with Gasteiger partial charge >= 0.3 is 12.4 Å². The van der Waals surface area contributed by atoms with E-state index in [1.807, 2.05) is 0 Å². The highest BCUT2D eigenvalue weighted by atomic mass is 19.4. The minimum Gasteiger partial charge on any atom is -0.386 e. The zero-order valence-corrected chi connectivity index (χ0v) is 17.4. The third-order valence-electron chi connectivity index (χ3n) is 5.36. The van der Waals surface area contributed by atoms with Crippen molar-refractivity contribution in [3.63, 3.8) is 0 Å². The molecule has 0 radical (unpaired) electrons. The topological polar surface area (TPSA) is 65.4 Å². The van der Waals surface area contributed by atoms with Crippen LogP contribution in [0, 0.1) is 0 Å². The van der Waals surface area contributed by atoms with Crippen LogP contribution in [0.25, 0.3) is 5.57 Å². The van der Waals surface area contributed by atoms with Gasteiger partial charge in [-0.3, -0.25) is 0 Å². The van der Waals surface area contributed by atoms with E-state index in [-0.39, 0.29) is 18.4 Å². The Balaban J connectivity index is 2.64. The molecule has 2 rings (SSSR count). The van der Waals surface area contributed by atoms with Gasteiger partial charge in [0.1, 0.15) is 24.0 Å². The molecule has 6 nitrogen and oxygen atoms in total. The zero-order chi connectivity index (χ0) is 23.7. The molecule has 0 aromatic carbocycles. The molecule has 0 fully saturated rings. The van der Waals surface area contributed by atoms with E-state index in [9.17, 15) is 35.8 Å². The first-order valence-electron chi connectivity index (χ1n) is 9.56. The van der Waals surface area contributed by atoms with E-state index in [0.717, 1.165) is 27.9 Å². The Bertz CT molecular complexity index is 767. The molecule has 13 heteroatoms. The van der Waals surface area contributed by atoms with E-state index in [2.05, 4.69) is 15.0 Å². The van der Waals surface area contributed by atoms with Gasteiger partial charge in [0.2, 0.25) is 11.9 Å². The molecule has 0 unspecified atom stereocenters. The van der Waals surface area contributed by atoms with Crippen LogP contribution in [0.5, 0.6) is 0 Å². The molecule has 0 saturated heterocycles. The van der Waals surface area contributed by atoms with Gasteiger partial charge in [0.15, 0.2) is 5.82 Å². The lowest BCUT2D eigenvalue weighted by molar-refractivity contribution is -0.144. The number of alkyl halides is 6. The van der Waals surface area contributed by atoms with E-state index in [1.165, 1.54) is 0 Å². The molecule has 0 aliphatic heterocycles. The van der Waals surface area contributed by atoms with Crippen LogP contribution in [0.3, 0.4) is 0 Å². The molecule has 0 spiro atoms. The van der Waals surface area contributed by atoms with Crippen molar-refractivity contribution in [1.29, 1.82) is 0 Å². The smallest absolute Gasteiger partial charge is 0.386 e. The average Bonchev–Trinajstić information content (AvgIpc) is 2.85. The van der Waals surface area contributed by atoms with Gasteiger partial charge in [0.25, 0.3) is 0 Å². The van der Waals surface area contributed by atoms with E-state index in [1.54, 1.807) is 0 Å². The summed E-state index contributed by atoms with van der Waals surface area (Å²) in [5.74, 6) is -2.48. The number of halogens is 7. The molecule has 1 heterocycles. The molecule has 0 bridgehead atoms. The van der Waals surface area contributed by atoms with Gasteiger partial charge in [-0.1, -0.05) is 6.42 Å². The molecule has 31 heavy (non-hydrogen) atoms. The Hall–Kier alpha value is -2.18. The summed E-state index contributed by atoms with van der Waals surface area (Å²) in [6, 6.07) is -4.14. The van der Waals surface area contributed by atoms with Crippen molar-refractivity contribution in [2.24, 2.45) is 0 Å². The number of aliphatic hydroxyl groups excluding tert-OH is 1. The van der Waals surface area contributed by atoms with Gasteiger partial charge < -0.3 is 14.9 Å². The molecule has 1 aromatic heterocycles. The molecule has 1 aromatic rings. The number of hydrogen-bond acceptors (Lipinski definition) is 6. The van der Waals surface area contributed by atoms with Gasteiger partial charge in [0, 0.05) is 19.7 Å². The highest BCUT2D eigenvalue weighted by molar-refractivity contribution is 5.65. The predicted molar refractivity (Wildman–Crippen MR) is 100 cm³/mol. The Morgan fingerprint density at radius 2 is 1.32 bits per heavy atom. The lowest BCUT2D eigenvalue weighted by atomic mass is 10.1. The van der Waals surface area contributed by atoms with Crippen molar-refractivity contribution in [3.05, 3.63) is 11.7 Å². The van der Waals surface area contributed by atoms with Crippen molar-refractivity contribution >= 4 is 17.5 Å². The molecule has 1 N–H and O–H groups in total. The van der Waals surface area contributed by atoms with E-state index in [0.29, 0.717) is 22.6 Å². The first kappa shape index (κ1) is 25.1. The van der Waals surface area contributed by atoms with Crippen LogP contribution < -0.4 is 9.80 Å². The molecule has 0 amide bonds. The highest BCUT2D eigenvalue weighted by Crippen LogP contribution is 2.34. The first-order valence-corrected chi connectivity index (χ1v) is 9.56. The van der Waals surface area contributed by atoms with Crippen molar-refractivity contribution in [2.45, 2.75) is 70.1 Å². The van der Waals surface area contributed by atoms with Crippen molar-refractivity contribution in [3.8, 4) is 0 Å². The zero-order valence-electron chi connectivity index (χ0n) is 17.4. The molecular weight excluding hydrogens is 435 g/mol. The summed E-state index contributed by atoms with van der Waals surface area (Å²) in [6.45, 7) is 1.67. The van der Waals surface area contributed by atoms with Crippen LogP contribution in [0.1, 0.15) is 45.4 Å². The number of hydrogen-bond donors (Lipinski definition) is 1. The standard InChI is InChI=1S/C18H24F7N5O/c1-9(17(20,21)22)29(3)15-26-14(11-7-5-6-8-12(31)13(11)19)27-16(28-15)30(4)10(2)18(23,24)25/h9-10,12,31H,5-8H2,1-4H3/t9-,10-,12-/m1/s1. The molecule has 176 valence electrons. The maximum Gasteiger partial charge on any atom is 0.408 e. The molecular formula is C18H24F7N5O. The van der Waals surface area contributed by atoms with E-state index >= 15 is 0 Å². The number of rotatable bonds is 5. The third kappa shape index (κ3) is 5.74. The van der Waals surface area contributed by atoms with Crippen LogP contribution in [-0.2, 0) is 0 Å². The number of anilines is 2. The minimum absolute atomic E-state index is 0.0723. The highest BCUT2D eigenvalue weighted by Gasteiger charge is 2.42. The predicted octanol–water partition coefficient (Wildman–Crippen LogP) is 4.26. The molecule has 1 aliphatic carbocycles. The van der Waals surface area contributed by atoms with Crippen molar-refractivity contribution < 1.29 is 35.8 Å². The maximum atomic E-state index is 14.7. The fourth-order valence-electron chi connectivity index (χ4n) is 2.90. The normalized spacial score (nSPS) is 20.3. The summed E-state index contributed by atoms with van der Waals surface area (Å²) in [5, 5.41) is 9.91.